The molecule has 1 N–H and O–H groups in total. The standard InChI is InChI=1S/C40H53FN4O3/c1-27-20-34(41)9-8-32(27)24-44-15-10-30-21-31(6-7-33(30)25-44)38-36(26-43(5)23-29-11-18-48-19-12-29)42-28(2)35(22-37(46)47)39(38)45-16-13-40(3,4)14-17-45/h6-9,20-21,29H,10-19,22-26H2,1-5H3,(H,46,47). The number of nitrogens with zero attached hydrogens (tertiary/aromatic N) is 4. The van der Waals surface area contributed by atoms with E-state index in [2.05, 4.69) is 53.8 Å². The number of aryl methyl sites for hydroxylation is 2. The summed E-state index contributed by atoms with van der Waals surface area (Å²) in [4.78, 5) is 24.8. The summed E-state index contributed by atoms with van der Waals surface area (Å²) >= 11 is 0. The fourth-order valence-electron chi connectivity index (χ4n) is 7.92. The lowest BCUT2D eigenvalue weighted by molar-refractivity contribution is -0.136. The van der Waals surface area contributed by atoms with Gasteiger partial charge in [0.15, 0.2) is 0 Å². The van der Waals surface area contributed by atoms with Crippen LogP contribution in [0.3, 0.4) is 0 Å². The number of hydrogen-bond acceptors (Lipinski definition) is 6. The van der Waals surface area contributed by atoms with Crippen molar-refractivity contribution in [1.29, 1.82) is 0 Å². The first-order valence-electron chi connectivity index (χ1n) is 17.8. The largest absolute Gasteiger partial charge is 0.481 e. The molecule has 6 rings (SSSR count). The van der Waals surface area contributed by atoms with Gasteiger partial charge in [-0.25, -0.2) is 4.39 Å². The minimum absolute atomic E-state index is 0.0397. The highest BCUT2D eigenvalue weighted by Gasteiger charge is 2.32. The molecule has 2 aromatic carbocycles. The quantitative estimate of drug-likeness (QED) is 0.248. The summed E-state index contributed by atoms with van der Waals surface area (Å²) in [5.41, 5.74) is 11.1. The lowest BCUT2D eigenvalue weighted by atomic mass is 9.81. The molecule has 7 nitrogen and oxygen atoms in total. The molecule has 1 aromatic heterocycles. The highest BCUT2D eigenvalue weighted by molar-refractivity contribution is 5.87. The maximum atomic E-state index is 13.7. The Balaban J connectivity index is 1.37. The van der Waals surface area contributed by atoms with E-state index in [1.807, 2.05) is 19.9 Å². The number of carbonyl (C=O) groups is 1. The van der Waals surface area contributed by atoms with E-state index in [1.165, 1.54) is 11.1 Å². The summed E-state index contributed by atoms with van der Waals surface area (Å²) in [5, 5.41) is 10.1. The molecule has 4 heterocycles. The molecule has 0 saturated carbocycles. The maximum Gasteiger partial charge on any atom is 0.307 e. The van der Waals surface area contributed by atoms with Crippen molar-refractivity contribution in [1.82, 2.24) is 14.8 Å². The van der Waals surface area contributed by atoms with Crippen LogP contribution in [0.15, 0.2) is 36.4 Å². The highest BCUT2D eigenvalue weighted by atomic mass is 19.1. The van der Waals surface area contributed by atoms with Crippen LogP contribution in [-0.4, -0.2) is 72.3 Å². The fraction of sp³-hybridized carbons (Fsp3) is 0.550. The van der Waals surface area contributed by atoms with Crippen molar-refractivity contribution < 1.29 is 19.0 Å². The Bertz CT molecular complexity index is 1620. The molecule has 0 bridgehead atoms. The number of anilines is 1. The molecule has 0 atom stereocenters. The number of fused-ring (bicyclic) bond motifs is 1. The van der Waals surface area contributed by atoms with E-state index in [-0.39, 0.29) is 17.7 Å². The number of carboxylic acid groups (broad SMARTS) is 1. The van der Waals surface area contributed by atoms with Crippen LogP contribution in [0, 0.1) is 31.0 Å². The number of aromatic nitrogens is 1. The molecule has 0 amide bonds. The Morgan fingerprint density at radius 1 is 1.06 bits per heavy atom. The SMILES string of the molecule is Cc1cc(F)ccc1CN1CCc2cc(-c3c(CN(C)CC4CCOCC4)nc(C)c(CC(=O)O)c3N3CCC(C)(C)CC3)ccc2C1. The zero-order chi connectivity index (χ0) is 34.0. The third kappa shape index (κ3) is 8.10. The number of hydrogen-bond donors (Lipinski definition) is 1. The zero-order valence-electron chi connectivity index (χ0n) is 29.6. The zero-order valence-corrected chi connectivity index (χ0v) is 29.6. The van der Waals surface area contributed by atoms with E-state index in [1.54, 1.807) is 12.1 Å². The van der Waals surface area contributed by atoms with Crippen molar-refractivity contribution >= 4 is 11.7 Å². The Morgan fingerprint density at radius 2 is 1.81 bits per heavy atom. The number of halogens is 1. The highest BCUT2D eigenvalue weighted by Crippen LogP contribution is 2.43. The number of pyridine rings is 1. The van der Waals surface area contributed by atoms with E-state index >= 15 is 0 Å². The molecule has 3 aliphatic heterocycles. The van der Waals surface area contributed by atoms with Gasteiger partial charge in [-0.3, -0.25) is 14.7 Å². The molecule has 0 unspecified atom stereocenters. The van der Waals surface area contributed by atoms with E-state index in [9.17, 15) is 14.3 Å². The fourth-order valence-corrected chi connectivity index (χ4v) is 7.92. The van der Waals surface area contributed by atoms with Gasteiger partial charge in [0.2, 0.25) is 0 Å². The number of benzene rings is 2. The molecule has 48 heavy (non-hydrogen) atoms. The summed E-state index contributed by atoms with van der Waals surface area (Å²) in [6.07, 6.45) is 5.18. The minimum Gasteiger partial charge on any atom is -0.481 e. The average molecular weight is 657 g/mol. The van der Waals surface area contributed by atoms with Gasteiger partial charge in [0.1, 0.15) is 5.82 Å². The minimum atomic E-state index is -0.823. The molecule has 258 valence electrons. The number of aliphatic carboxylic acids is 1. The first-order chi connectivity index (χ1) is 23.0. The summed E-state index contributed by atoms with van der Waals surface area (Å²) < 4.78 is 19.4. The molecule has 8 heteroatoms. The Morgan fingerprint density at radius 3 is 2.52 bits per heavy atom. The third-order valence-corrected chi connectivity index (χ3v) is 10.9. The summed E-state index contributed by atoms with van der Waals surface area (Å²) in [5.74, 6) is -0.406. The summed E-state index contributed by atoms with van der Waals surface area (Å²) in [7, 11) is 2.19. The molecule has 2 fully saturated rings. The Kier molecular flexibility index (Phi) is 10.5. The molecule has 2 saturated heterocycles. The van der Waals surface area contributed by atoms with Gasteiger partial charge in [0, 0.05) is 75.8 Å². The second-order valence-electron chi connectivity index (χ2n) is 15.3. The van der Waals surface area contributed by atoms with Gasteiger partial charge < -0.3 is 19.6 Å². The summed E-state index contributed by atoms with van der Waals surface area (Å²) in [6, 6.07) is 11.9. The second kappa shape index (κ2) is 14.7. The smallest absolute Gasteiger partial charge is 0.307 e. The van der Waals surface area contributed by atoms with Gasteiger partial charge in [-0.05, 0) is 104 Å². The average Bonchev–Trinajstić information content (AvgIpc) is 3.04. The summed E-state index contributed by atoms with van der Waals surface area (Å²) in [6.45, 7) is 16.4. The predicted molar refractivity (Wildman–Crippen MR) is 190 cm³/mol. The van der Waals surface area contributed by atoms with Gasteiger partial charge >= 0.3 is 5.97 Å². The third-order valence-electron chi connectivity index (χ3n) is 10.9. The number of ether oxygens (including phenoxy) is 1. The number of piperidine rings is 1. The van der Waals surface area contributed by atoms with Crippen LogP contribution in [0.4, 0.5) is 10.1 Å². The molecule has 0 spiro atoms. The van der Waals surface area contributed by atoms with Gasteiger partial charge in [-0.2, -0.15) is 0 Å². The predicted octanol–water partition coefficient (Wildman–Crippen LogP) is 7.17. The first kappa shape index (κ1) is 34.5. The van der Waals surface area contributed by atoms with Crippen LogP contribution in [-0.2, 0) is 42.0 Å². The second-order valence-corrected chi connectivity index (χ2v) is 15.3. The van der Waals surface area contributed by atoms with Crippen LogP contribution in [0.2, 0.25) is 0 Å². The van der Waals surface area contributed by atoms with Gasteiger partial charge in [0.25, 0.3) is 0 Å². The molecular weight excluding hydrogens is 603 g/mol. The molecule has 3 aromatic rings. The van der Waals surface area contributed by atoms with Crippen LogP contribution >= 0.6 is 0 Å². The Labute approximate surface area is 286 Å². The van der Waals surface area contributed by atoms with Crippen molar-refractivity contribution in [3.8, 4) is 11.1 Å². The normalized spacial score (nSPS) is 18.7. The Hall–Kier alpha value is -3.33. The van der Waals surface area contributed by atoms with Gasteiger partial charge in [0.05, 0.1) is 17.8 Å². The van der Waals surface area contributed by atoms with Crippen molar-refractivity contribution in [2.75, 3.05) is 51.3 Å². The first-order valence-corrected chi connectivity index (χ1v) is 17.8. The number of rotatable bonds is 10. The van der Waals surface area contributed by atoms with Gasteiger partial charge in [-0.1, -0.05) is 38.1 Å². The molecule has 0 radical (unpaired) electrons. The van der Waals surface area contributed by atoms with Crippen molar-refractivity contribution in [3.05, 3.63) is 81.4 Å². The van der Waals surface area contributed by atoms with Crippen LogP contribution < -0.4 is 4.90 Å². The number of carboxylic acids is 1. The van der Waals surface area contributed by atoms with E-state index in [0.717, 1.165) is 129 Å². The van der Waals surface area contributed by atoms with Crippen LogP contribution in [0.5, 0.6) is 0 Å². The van der Waals surface area contributed by atoms with Crippen LogP contribution in [0.1, 0.15) is 78.7 Å². The maximum absolute atomic E-state index is 13.7. The van der Waals surface area contributed by atoms with E-state index in [0.29, 0.717) is 12.5 Å². The molecular formula is C40H53FN4O3. The van der Waals surface area contributed by atoms with Gasteiger partial charge in [-0.15, -0.1) is 0 Å². The van der Waals surface area contributed by atoms with Crippen molar-refractivity contribution in [2.45, 2.75) is 85.9 Å². The van der Waals surface area contributed by atoms with Crippen LogP contribution in [0.25, 0.3) is 11.1 Å². The van der Waals surface area contributed by atoms with Crippen molar-refractivity contribution in [2.24, 2.45) is 11.3 Å². The van der Waals surface area contributed by atoms with Crippen molar-refractivity contribution in [3.63, 3.8) is 0 Å². The monoisotopic (exact) mass is 656 g/mol. The molecule has 3 aliphatic rings. The van der Waals surface area contributed by atoms with E-state index < -0.39 is 5.97 Å². The lowest BCUT2D eigenvalue weighted by Gasteiger charge is -2.40. The lowest BCUT2D eigenvalue weighted by Crippen LogP contribution is -2.39. The van der Waals surface area contributed by atoms with E-state index in [4.69, 9.17) is 9.72 Å². The topological polar surface area (TPSA) is 69.1 Å². The molecule has 0 aliphatic carbocycles.